The second-order valence-corrected chi connectivity index (χ2v) is 11.0. The van der Waals surface area contributed by atoms with Crippen LogP contribution >= 0.6 is 0 Å². The summed E-state index contributed by atoms with van der Waals surface area (Å²) in [5.74, 6) is 0.179. The van der Waals surface area contributed by atoms with Crippen LogP contribution in [-0.2, 0) is 11.0 Å². The summed E-state index contributed by atoms with van der Waals surface area (Å²) in [6.45, 7) is 9.88. The molecule has 0 spiro atoms. The summed E-state index contributed by atoms with van der Waals surface area (Å²) in [6.07, 6.45) is -0.621. The van der Waals surface area contributed by atoms with E-state index in [1.54, 1.807) is 58.9 Å². The highest BCUT2D eigenvalue weighted by Crippen LogP contribution is 2.32. The number of aromatic nitrogens is 4. The fourth-order valence-corrected chi connectivity index (χ4v) is 5.44. The molecule has 2 amide bonds. The van der Waals surface area contributed by atoms with Crippen molar-refractivity contribution in [1.29, 1.82) is 0 Å². The number of rotatable bonds is 6. The predicted octanol–water partition coefficient (Wildman–Crippen LogP) is 4.48. The average Bonchev–Trinajstić information content (AvgIpc) is 3.58. The number of likely N-dealkylation sites (tertiary alicyclic amines) is 1. The third-order valence-electron chi connectivity index (χ3n) is 7.66. The van der Waals surface area contributed by atoms with Gasteiger partial charge in [-0.2, -0.15) is 13.2 Å². The molecule has 5 rings (SSSR count). The zero-order valence-electron chi connectivity index (χ0n) is 24.9. The summed E-state index contributed by atoms with van der Waals surface area (Å²) >= 11 is 0. The Morgan fingerprint density at radius 3 is 2.40 bits per heavy atom. The molecule has 1 N–H and O–H groups in total. The summed E-state index contributed by atoms with van der Waals surface area (Å²) in [6, 6.07) is 9.82. The van der Waals surface area contributed by atoms with Crippen LogP contribution < -0.4 is 11.0 Å². The van der Waals surface area contributed by atoms with Gasteiger partial charge in [0.15, 0.2) is 11.5 Å². The van der Waals surface area contributed by atoms with Gasteiger partial charge in [-0.15, -0.1) is 0 Å². The summed E-state index contributed by atoms with van der Waals surface area (Å²) < 4.78 is 44.4. The highest BCUT2D eigenvalue weighted by atomic mass is 19.4. The molecule has 14 heteroatoms. The van der Waals surface area contributed by atoms with Gasteiger partial charge >= 0.3 is 17.9 Å². The Kier molecular flexibility index (Phi) is 8.65. The molecule has 0 saturated carbocycles. The van der Waals surface area contributed by atoms with Gasteiger partial charge in [0.25, 0.3) is 0 Å². The minimum Gasteiger partial charge on any atom is -0.341 e. The molecule has 234 valence electrons. The van der Waals surface area contributed by atoms with Crippen LogP contribution in [0.4, 0.5) is 23.7 Å². The zero-order chi connectivity index (χ0) is 32.5. The third-order valence-corrected chi connectivity index (χ3v) is 7.66. The SMILES string of the molecule is [C-]#[N+]c1ccc(-n2ccnc2-c2c(C)n(-c3cccc(C(F)(F)F)c3)c(=O)n2C(=O)NC2CCN(C(=O)CN(C)C)CC2)cc1. The maximum Gasteiger partial charge on any atom is 0.416 e. The highest BCUT2D eigenvalue weighted by Gasteiger charge is 2.33. The Morgan fingerprint density at radius 1 is 1.09 bits per heavy atom. The van der Waals surface area contributed by atoms with Crippen molar-refractivity contribution in [2.24, 2.45) is 0 Å². The molecule has 1 aliphatic rings. The maximum absolute atomic E-state index is 14.0. The van der Waals surface area contributed by atoms with E-state index in [2.05, 4.69) is 15.1 Å². The topological polar surface area (TPSA) is 102 Å². The molecule has 0 aliphatic carbocycles. The van der Waals surface area contributed by atoms with E-state index < -0.39 is 23.5 Å². The van der Waals surface area contributed by atoms with E-state index in [0.29, 0.717) is 37.3 Å². The van der Waals surface area contributed by atoms with E-state index in [1.165, 1.54) is 25.3 Å². The van der Waals surface area contributed by atoms with Crippen molar-refractivity contribution in [3.05, 3.63) is 94.1 Å². The fraction of sp³-hybridized carbons (Fsp3) is 0.323. The molecule has 1 saturated heterocycles. The molecule has 3 heterocycles. The molecule has 45 heavy (non-hydrogen) atoms. The number of carbonyl (C=O) groups is 2. The lowest BCUT2D eigenvalue weighted by Crippen LogP contribution is -2.50. The highest BCUT2D eigenvalue weighted by molar-refractivity contribution is 5.83. The van der Waals surface area contributed by atoms with Gasteiger partial charge in [0.1, 0.15) is 5.69 Å². The summed E-state index contributed by atoms with van der Waals surface area (Å²) in [4.78, 5) is 51.7. The molecule has 11 nitrogen and oxygen atoms in total. The van der Waals surface area contributed by atoms with Crippen molar-refractivity contribution in [3.8, 4) is 22.9 Å². The number of nitrogens with zero attached hydrogens (tertiary/aromatic N) is 7. The lowest BCUT2D eigenvalue weighted by molar-refractivity contribution is -0.137. The molecule has 1 aliphatic heterocycles. The molecular formula is C31H31F3N8O3. The van der Waals surface area contributed by atoms with Crippen molar-refractivity contribution in [1.82, 2.24) is 33.8 Å². The first-order chi connectivity index (χ1) is 21.4. The summed E-state index contributed by atoms with van der Waals surface area (Å²) in [5.41, 5.74) is -0.574. The number of nitrogens with one attached hydrogen (secondary N) is 1. The number of halogens is 3. The molecular weight excluding hydrogens is 589 g/mol. The van der Waals surface area contributed by atoms with Crippen LogP contribution in [0.25, 0.3) is 27.7 Å². The minimum absolute atomic E-state index is 0.0201. The van der Waals surface area contributed by atoms with Gasteiger partial charge in [0, 0.05) is 37.2 Å². The number of hydrogen-bond donors (Lipinski definition) is 1. The molecule has 0 unspecified atom stereocenters. The number of hydrogen-bond acceptors (Lipinski definition) is 5. The van der Waals surface area contributed by atoms with Crippen molar-refractivity contribution >= 4 is 17.6 Å². The van der Waals surface area contributed by atoms with Gasteiger partial charge in [-0.05, 0) is 64.2 Å². The zero-order valence-corrected chi connectivity index (χ0v) is 24.9. The van der Waals surface area contributed by atoms with Crippen molar-refractivity contribution in [2.75, 3.05) is 33.7 Å². The first-order valence-corrected chi connectivity index (χ1v) is 14.2. The standard InChI is InChI=1S/C31H31F3N8O3/c1-20-27(28-36-14-17-40(28)24-10-8-22(35-2)9-11-24)42(30(45)41(20)25-7-5-6-21(18-25)31(32,33)34)29(44)37-23-12-15-39(16-13-23)26(43)19-38(3)4/h5-11,14,17-18,23H,12-13,15-16,19H2,1,3-4H3,(H,37,44). The molecule has 2 aromatic heterocycles. The Labute approximate surface area is 256 Å². The number of carbonyl (C=O) groups excluding carboxylic acids is 2. The van der Waals surface area contributed by atoms with Crippen LogP contribution in [0, 0.1) is 13.5 Å². The minimum atomic E-state index is -4.65. The van der Waals surface area contributed by atoms with Crippen LogP contribution in [-0.4, -0.2) is 80.2 Å². The Hall–Kier alpha value is -5.16. The number of alkyl halides is 3. The number of likely N-dealkylation sites (N-methyl/N-ethyl adjacent to an activating group) is 1. The smallest absolute Gasteiger partial charge is 0.341 e. The van der Waals surface area contributed by atoms with Crippen LogP contribution in [0.5, 0.6) is 0 Å². The van der Waals surface area contributed by atoms with Gasteiger partial charge in [-0.3, -0.25) is 13.9 Å². The van der Waals surface area contributed by atoms with E-state index in [-0.39, 0.29) is 41.4 Å². The first kappa shape index (κ1) is 31.3. The van der Waals surface area contributed by atoms with E-state index in [0.717, 1.165) is 21.3 Å². The molecule has 4 aromatic rings. The lowest BCUT2D eigenvalue weighted by atomic mass is 10.1. The van der Waals surface area contributed by atoms with Gasteiger partial charge in [0.2, 0.25) is 5.91 Å². The largest absolute Gasteiger partial charge is 0.416 e. The lowest BCUT2D eigenvalue weighted by Gasteiger charge is -2.33. The Balaban J connectivity index is 1.56. The second kappa shape index (κ2) is 12.4. The van der Waals surface area contributed by atoms with Crippen LogP contribution in [0.2, 0.25) is 0 Å². The molecule has 0 bridgehead atoms. The number of amides is 2. The van der Waals surface area contributed by atoms with Gasteiger partial charge in [-0.1, -0.05) is 18.2 Å². The second-order valence-electron chi connectivity index (χ2n) is 11.0. The third kappa shape index (κ3) is 6.39. The van der Waals surface area contributed by atoms with E-state index in [1.807, 2.05) is 0 Å². The van der Waals surface area contributed by atoms with Crippen LogP contribution in [0.1, 0.15) is 24.1 Å². The van der Waals surface area contributed by atoms with Crippen molar-refractivity contribution in [2.45, 2.75) is 32.0 Å². The van der Waals surface area contributed by atoms with Gasteiger partial charge in [-0.25, -0.2) is 24.0 Å². The average molecular weight is 621 g/mol. The van der Waals surface area contributed by atoms with Crippen molar-refractivity contribution in [3.63, 3.8) is 0 Å². The normalized spacial score (nSPS) is 14.0. The quantitative estimate of drug-likeness (QED) is 0.321. The Bertz CT molecular complexity index is 1820. The fourth-order valence-electron chi connectivity index (χ4n) is 5.44. The van der Waals surface area contributed by atoms with E-state index in [4.69, 9.17) is 6.57 Å². The number of benzene rings is 2. The summed E-state index contributed by atoms with van der Waals surface area (Å²) in [7, 11) is 3.61. The van der Waals surface area contributed by atoms with Gasteiger partial charge < -0.3 is 15.1 Å². The van der Waals surface area contributed by atoms with Crippen molar-refractivity contribution < 1.29 is 22.8 Å². The molecule has 0 radical (unpaired) electrons. The van der Waals surface area contributed by atoms with Crippen LogP contribution in [0.3, 0.4) is 0 Å². The first-order valence-electron chi connectivity index (χ1n) is 14.2. The van der Waals surface area contributed by atoms with E-state index >= 15 is 0 Å². The number of imidazole rings is 2. The van der Waals surface area contributed by atoms with Gasteiger partial charge in [0.05, 0.1) is 30.1 Å². The van der Waals surface area contributed by atoms with Crippen LogP contribution in [0.15, 0.2) is 65.7 Å². The molecule has 1 fully saturated rings. The Morgan fingerprint density at radius 2 is 1.78 bits per heavy atom. The molecule has 0 atom stereocenters. The molecule has 2 aromatic carbocycles. The monoisotopic (exact) mass is 620 g/mol. The maximum atomic E-state index is 14.0. The van der Waals surface area contributed by atoms with E-state index in [9.17, 15) is 27.6 Å². The summed E-state index contributed by atoms with van der Waals surface area (Å²) in [5, 5.41) is 2.89. The predicted molar refractivity (Wildman–Crippen MR) is 161 cm³/mol. The number of piperidine rings is 1.